The number of carboxylic acid groups (broad SMARTS) is 1. The Morgan fingerprint density at radius 3 is 2.54 bits per heavy atom. The average Bonchev–Trinajstić information content (AvgIpc) is 3.04. The number of carboxylic acids is 1. The van der Waals surface area contributed by atoms with Gasteiger partial charge in [0.1, 0.15) is 5.76 Å². The van der Waals surface area contributed by atoms with Gasteiger partial charge in [-0.3, -0.25) is 9.59 Å². The lowest BCUT2D eigenvalue weighted by Crippen LogP contribution is -2.38. The van der Waals surface area contributed by atoms with Crippen molar-refractivity contribution >= 4 is 23.5 Å². The van der Waals surface area contributed by atoms with Crippen LogP contribution in [0.4, 0.5) is 0 Å². The summed E-state index contributed by atoms with van der Waals surface area (Å²) in [6.07, 6.45) is 1.58. The maximum absolute atomic E-state index is 12.5. The van der Waals surface area contributed by atoms with E-state index in [0.717, 1.165) is 5.56 Å². The molecule has 24 heavy (non-hydrogen) atoms. The third kappa shape index (κ3) is 3.62. The molecule has 0 aliphatic carbocycles. The molecule has 0 bridgehead atoms. The average molecular weight is 348 g/mol. The van der Waals surface area contributed by atoms with Crippen molar-refractivity contribution < 1.29 is 19.1 Å². The van der Waals surface area contributed by atoms with E-state index >= 15 is 0 Å². The number of nitrogens with zero attached hydrogens (tertiary/aromatic N) is 1. The predicted octanol–water partition coefficient (Wildman–Crippen LogP) is 3.93. The van der Waals surface area contributed by atoms with Crippen LogP contribution >= 0.6 is 11.6 Å². The normalized spacial score (nSPS) is 15.5. The molecule has 1 aromatic heterocycles. The second-order valence-electron chi connectivity index (χ2n) is 5.98. The van der Waals surface area contributed by atoms with Gasteiger partial charge in [-0.05, 0) is 43.0 Å². The molecule has 2 aromatic rings. The zero-order chi connectivity index (χ0) is 17.1. The number of aliphatic carboxylic acids is 1. The van der Waals surface area contributed by atoms with Gasteiger partial charge >= 0.3 is 5.97 Å². The highest BCUT2D eigenvalue weighted by atomic mass is 35.5. The van der Waals surface area contributed by atoms with Crippen LogP contribution in [0.15, 0.2) is 40.8 Å². The highest BCUT2D eigenvalue weighted by Gasteiger charge is 2.26. The summed E-state index contributed by atoms with van der Waals surface area (Å²) >= 11 is 6.15. The Hall–Kier alpha value is -2.27. The van der Waals surface area contributed by atoms with Crippen molar-refractivity contribution in [2.45, 2.75) is 19.3 Å². The lowest BCUT2D eigenvalue weighted by molar-refractivity contribution is -0.138. The Morgan fingerprint density at radius 2 is 1.88 bits per heavy atom. The van der Waals surface area contributed by atoms with Crippen molar-refractivity contribution in [2.24, 2.45) is 5.92 Å². The molecule has 3 rings (SSSR count). The molecule has 6 heteroatoms. The minimum absolute atomic E-state index is 0.141. The van der Waals surface area contributed by atoms with E-state index in [0.29, 0.717) is 36.7 Å². The molecule has 1 saturated heterocycles. The standard InChI is InChI=1S/C18H18ClNO4/c19-14-4-2-1-3-13(14)15-5-6-16(24-15)18(23)20-9-7-12(8-10-20)11-17(21)22/h1-6,12H,7-11H2,(H,21,22). The van der Waals surface area contributed by atoms with Crippen LogP contribution in [0.3, 0.4) is 0 Å². The van der Waals surface area contributed by atoms with Gasteiger partial charge in [0.25, 0.3) is 5.91 Å². The molecular weight excluding hydrogens is 330 g/mol. The van der Waals surface area contributed by atoms with Crippen LogP contribution in [0.2, 0.25) is 5.02 Å². The second kappa shape index (κ2) is 7.09. The Balaban J connectivity index is 1.67. The van der Waals surface area contributed by atoms with Gasteiger partial charge in [-0.15, -0.1) is 0 Å². The van der Waals surface area contributed by atoms with E-state index in [1.165, 1.54) is 0 Å². The van der Waals surface area contributed by atoms with Crippen LogP contribution in [-0.2, 0) is 4.79 Å². The van der Waals surface area contributed by atoms with E-state index in [1.54, 1.807) is 23.1 Å². The van der Waals surface area contributed by atoms with E-state index in [-0.39, 0.29) is 24.0 Å². The van der Waals surface area contributed by atoms with Gasteiger partial charge in [0, 0.05) is 25.1 Å². The molecule has 5 nitrogen and oxygen atoms in total. The van der Waals surface area contributed by atoms with E-state index in [4.69, 9.17) is 21.1 Å². The smallest absolute Gasteiger partial charge is 0.303 e. The van der Waals surface area contributed by atoms with Crippen LogP contribution in [0.25, 0.3) is 11.3 Å². The quantitative estimate of drug-likeness (QED) is 0.909. The number of likely N-dealkylation sites (tertiary alicyclic amines) is 1. The third-order valence-electron chi connectivity index (χ3n) is 4.32. The summed E-state index contributed by atoms with van der Waals surface area (Å²) in [5.41, 5.74) is 0.749. The summed E-state index contributed by atoms with van der Waals surface area (Å²) in [6.45, 7) is 1.11. The maximum atomic E-state index is 12.5. The van der Waals surface area contributed by atoms with Crippen LogP contribution in [-0.4, -0.2) is 35.0 Å². The summed E-state index contributed by atoms with van der Waals surface area (Å²) in [4.78, 5) is 25.0. The summed E-state index contributed by atoms with van der Waals surface area (Å²) in [7, 11) is 0. The summed E-state index contributed by atoms with van der Waals surface area (Å²) < 4.78 is 5.69. The van der Waals surface area contributed by atoms with Gasteiger partial charge < -0.3 is 14.4 Å². The lowest BCUT2D eigenvalue weighted by atomic mass is 9.93. The lowest BCUT2D eigenvalue weighted by Gasteiger charge is -2.30. The first-order valence-electron chi connectivity index (χ1n) is 7.90. The number of piperidine rings is 1. The molecule has 1 aromatic carbocycles. The molecule has 0 spiro atoms. The molecule has 1 amide bonds. The number of carbonyl (C=O) groups excluding carboxylic acids is 1. The molecule has 0 unspecified atom stereocenters. The molecule has 0 atom stereocenters. The fourth-order valence-corrected chi connectivity index (χ4v) is 3.23. The second-order valence-corrected chi connectivity index (χ2v) is 6.38. The third-order valence-corrected chi connectivity index (χ3v) is 4.65. The fourth-order valence-electron chi connectivity index (χ4n) is 3.00. The van der Waals surface area contributed by atoms with Gasteiger partial charge in [-0.25, -0.2) is 0 Å². The molecule has 0 radical (unpaired) electrons. The van der Waals surface area contributed by atoms with Crippen molar-refractivity contribution in [2.75, 3.05) is 13.1 Å². The van der Waals surface area contributed by atoms with Crippen LogP contribution in [0, 0.1) is 5.92 Å². The van der Waals surface area contributed by atoms with Crippen molar-refractivity contribution in [1.82, 2.24) is 4.90 Å². The largest absolute Gasteiger partial charge is 0.481 e. The van der Waals surface area contributed by atoms with Gasteiger partial charge in [0.05, 0.1) is 5.02 Å². The molecule has 2 heterocycles. The molecular formula is C18H18ClNO4. The van der Waals surface area contributed by atoms with Crippen molar-refractivity contribution in [3.8, 4) is 11.3 Å². The number of hydrogen-bond donors (Lipinski definition) is 1. The molecule has 126 valence electrons. The zero-order valence-electron chi connectivity index (χ0n) is 13.1. The molecule has 1 aliphatic heterocycles. The number of rotatable bonds is 4. The van der Waals surface area contributed by atoms with E-state index in [9.17, 15) is 9.59 Å². The fraction of sp³-hybridized carbons (Fsp3) is 0.333. The van der Waals surface area contributed by atoms with Crippen LogP contribution < -0.4 is 0 Å². The predicted molar refractivity (Wildman–Crippen MR) is 90.0 cm³/mol. The summed E-state index contributed by atoms with van der Waals surface area (Å²) in [5, 5.41) is 9.42. The number of carbonyl (C=O) groups is 2. The Morgan fingerprint density at radius 1 is 1.17 bits per heavy atom. The highest BCUT2D eigenvalue weighted by molar-refractivity contribution is 6.33. The van der Waals surface area contributed by atoms with Crippen LogP contribution in [0.5, 0.6) is 0 Å². The van der Waals surface area contributed by atoms with Crippen molar-refractivity contribution in [3.63, 3.8) is 0 Å². The molecule has 0 saturated carbocycles. The number of benzene rings is 1. The van der Waals surface area contributed by atoms with Gasteiger partial charge in [-0.1, -0.05) is 23.7 Å². The van der Waals surface area contributed by atoms with Gasteiger partial charge in [-0.2, -0.15) is 0 Å². The number of halogens is 1. The van der Waals surface area contributed by atoms with E-state index in [1.807, 2.05) is 18.2 Å². The highest BCUT2D eigenvalue weighted by Crippen LogP contribution is 2.30. The first kappa shape index (κ1) is 16.6. The summed E-state index contributed by atoms with van der Waals surface area (Å²) in [5.74, 6) is 0.0328. The molecule has 1 fully saturated rings. The molecule has 1 N–H and O–H groups in total. The number of amides is 1. The van der Waals surface area contributed by atoms with Crippen molar-refractivity contribution in [1.29, 1.82) is 0 Å². The monoisotopic (exact) mass is 347 g/mol. The molecule has 1 aliphatic rings. The Bertz CT molecular complexity index is 747. The van der Waals surface area contributed by atoms with Gasteiger partial charge in [0.15, 0.2) is 5.76 Å². The van der Waals surface area contributed by atoms with Crippen molar-refractivity contribution in [3.05, 3.63) is 47.2 Å². The van der Waals surface area contributed by atoms with Crippen LogP contribution in [0.1, 0.15) is 29.8 Å². The zero-order valence-corrected chi connectivity index (χ0v) is 13.8. The minimum Gasteiger partial charge on any atom is -0.481 e. The first-order chi connectivity index (χ1) is 11.5. The van der Waals surface area contributed by atoms with Gasteiger partial charge in [0.2, 0.25) is 0 Å². The minimum atomic E-state index is -0.782. The number of hydrogen-bond acceptors (Lipinski definition) is 3. The number of furan rings is 1. The Labute approximate surface area is 144 Å². The van der Waals surface area contributed by atoms with E-state index < -0.39 is 5.97 Å². The Kier molecular flexibility index (Phi) is 4.90. The first-order valence-corrected chi connectivity index (χ1v) is 8.28. The van der Waals surface area contributed by atoms with E-state index in [2.05, 4.69) is 0 Å². The SMILES string of the molecule is O=C(O)CC1CCN(C(=O)c2ccc(-c3ccccc3Cl)o2)CC1. The topological polar surface area (TPSA) is 70.8 Å². The maximum Gasteiger partial charge on any atom is 0.303 e. The summed E-state index contributed by atoms with van der Waals surface area (Å²) in [6, 6.07) is 10.7.